The van der Waals surface area contributed by atoms with Crippen LogP contribution in [0.15, 0.2) is 42.1 Å². The average molecular weight is 341 g/mol. The zero-order valence-corrected chi connectivity index (χ0v) is 13.9. The highest BCUT2D eigenvalue weighted by Crippen LogP contribution is 2.24. The van der Waals surface area contributed by atoms with E-state index in [0.29, 0.717) is 36.5 Å². The summed E-state index contributed by atoms with van der Waals surface area (Å²) in [6.45, 7) is 2.07. The van der Waals surface area contributed by atoms with E-state index in [0.717, 1.165) is 12.8 Å². The number of amides is 1. The molecule has 3 rings (SSSR count). The lowest BCUT2D eigenvalue weighted by Gasteiger charge is -2.19. The van der Waals surface area contributed by atoms with Crippen LogP contribution in [0, 0.1) is 0 Å². The maximum absolute atomic E-state index is 12.4. The van der Waals surface area contributed by atoms with Gasteiger partial charge in [0, 0.05) is 18.1 Å². The molecule has 0 unspecified atom stereocenters. The summed E-state index contributed by atoms with van der Waals surface area (Å²) in [5.41, 5.74) is 1.35. The molecule has 2 heterocycles. The third kappa shape index (κ3) is 3.90. The molecule has 0 radical (unpaired) electrons. The van der Waals surface area contributed by atoms with Crippen molar-refractivity contribution in [3.63, 3.8) is 0 Å². The number of allylic oxidation sites excluding steroid dienone is 1. The molecular formula is C17H19N5O3. The highest BCUT2D eigenvalue weighted by molar-refractivity contribution is 5.95. The van der Waals surface area contributed by atoms with Gasteiger partial charge in [-0.3, -0.25) is 9.36 Å². The number of carbonyl (C=O) groups is 2. The van der Waals surface area contributed by atoms with E-state index in [2.05, 4.69) is 20.5 Å². The Morgan fingerprint density at radius 1 is 1.24 bits per heavy atom. The van der Waals surface area contributed by atoms with E-state index in [1.165, 1.54) is 0 Å². The van der Waals surface area contributed by atoms with E-state index in [9.17, 15) is 9.59 Å². The van der Waals surface area contributed by atoms with Gasteiger partial charge in [0.1, 0.15) is 6.33 Å². The molecule has 8 heteroatoms. The van der Waals surface area contributed by atoms with E-state index >= 15 is 0 Å². The fourth-order valence-corrected chi connectivity index (χ4v) is 2.67. The summed E-state index contributed by atoms with van der Waals surface area (Å²) in [7, 11) is 0. The Morgan fingerprint density at radius 2 is 2.08 bits per heavy atom. The smallest absolute Gasteiger partial charge is 0.335 e. The lowest BCUT2D eigenvalue weighted by molar-refractivity contribution is -0.138. The van der Waals surface area contributed by atoms with Crippen molar-refractivity contribution in [3.8, 4) is 5.82 Å². The molecule has 0 aliphatic heterocycles. The zero-order valence-electron chi connectivity index (χ0n) is 13.9. The van der Waals surface area contributed by atoms with Crippen molar-refractivity contribution in [2.45, 2.75) is 32.6 Å². The first-order valence-corrected chi connectivity index (χ1v) is 8.21. The largest absolute Gasteiger partial charge is 0.463 e. The molecule has 2 aromatic heterocycles. The van der Waals surface area contributed by atoms with Crippen LogP contribution in [0.2, 0.25) is 0 Å². The van der Waals surface area contributed by atoms with Gasteiger partial charge in [0.2, 0.25) is 0 Å². The van der Waals surface area contributed by atoms with Crippen LogP contribution in [0.25, 0.3) is 5.82 Å². The van der Waals surface area contributed by atoms with Crippen molar-refractivity contribution < 1.29 is 14.3 Å². The topological polar surface area (TPSA) is 99.0 Å². The molecule has 1 amide bonds. The van der Waals surface area contributed by atoms with Crippen LogP contribution in [0.4, 0.5) is 0 Å². The average Bonchev–Trinajstić information content (AvgIpc) is 3.17. The first-order chi connectivity index (χ1) is 12.2. The number of hydrogen-bond acceptors (Lipinski definition) is 6. The number of aromatic nitrogens is 4. The number of ether oxygens (including phenoxy) is 1. The molecule has 0 saturated heterocycles. The summed E-state index contributed by atoms with van der Waals surface area (Å²) >= 11 is 0. The van der Waals surface area contributed by atoms with Crippen molar-refractivity contribution in [1.82, 2.24) is 25.1 Å². The first-order valence-electron chi connectivity index (χ1n) is 8.21. The fraction of sp³-hybridized carbons (Fsp3) is 0.353. The van der Waals surface area contributed by atoms with Crippen LogP contribution in [0.3, 0.4) is 0 Å². The quantitative estimate of drug-likeness (QED) is 0.832. The zero-order chi connectivity index (χ0) is 17.6. The van der Waals surface area contributed by atoms with E-state index in [1.807, 2.05) is 0 Å². The highest BCUT2D eigenvalue weighted by atomic mass is 16.5. The standard InChI is InChI=1S/C17H19N5O3/c1-2-25-17(24)12-5-3-4-6-13(12)19-16(23)14-7-8-15(21-20-14)22-10-9-18-11-22/h7-11H,2-6H2,1H3,(H,19,23). The number of nitrogens with one attached hydrogen (secondary N) is 1. The summed E-state index contributed by atoms with van der Waals surface area (Å²) in [4.78, 5) is 28.4. The summed E-state index contributed by atoms with van der Waals surface area (Å²) in [6, 6.07) is 3.27. The minimum absolute atomic E-state index is 0.185. The number of imidazole rings is 1. The van der Waals surface area contributed by atoms with Gasteiger partial charge in [-0.2, -0.15) is 0 Å². The maximum atomic E-state index is 12.4. The van der Waals surface area contributed by atoms with Crippen LogP contribution in [0.1, 0.15) is 43.1 Å². The number of rotatable bonds is 5. The number of carbonyl (C=O) groups excluding carboxylic acids is 2. The predicted molar refractivity (Wildman–Crippen MR) is 88.7 cm³/mol. The number of nitrogens with zero attached hydrogens (tertiary/aromatic N) is 4. The second-order valence-corrected chi connectivity index (χ2v) is 5.59. The summed E-state index contributed by atoms with van der Waals surface area (Å²) < 4.78 is 6.76. The second-order valence-electron chi connectivity index (χ2n) is 5.59. The van der Waals surface area contributed by atoms with Gasteiger partial charge in [-0.1, -0.05) is 0 Å². The molecule has 0 fully saturated rings. The SMILES string of the molecule is CCOC(=O)C1=C(NC(=O)c2ccc(-n3ccnc3)nn2)CCCC1. The van der Waals surface area contributed by atoms with Crippen molar-refractivity contribution in [3.05, 3.63) is 47.8 Å². The number of hydrogen-bond donors (Lipinski definition) is 1. The molecule has 1 N–H and O–H groups in total. The fourth-order valence-electron chi connectivity index (χ4n) is 2.67. The van der Waals surface area contributed by atoms with E-state index in [1.54, 1.807) is 42.3 Å². The van der Waals surface area contributed by atoms with E-state index in [-0.39, 0.29) is 17.6 Å². The molecule has 0 atom stereocenters. The summed E-state index contributed by atoms with van der Waals surface area (Å²) in [5, 5.41) is 10.8. The van der Waals surface area contributed by atoms with Gasteiger partial charge in [-0.05, 0) is 44.7 Å². The van der Waals surface area contributed by atoms with Crippen molar-refractivity contribution in [1.29, 1.82) is 0 Å². The molecule has 0 aromatic carbocycles. The molecule has 2 aromatic rings. The van der Waals surface area contributed by atoms with Crippen molar-refractivity contribution in [2.24, 2.45) is 0 Å². The van der Waals surface area contributed by atoms with E-state index < -0.39 is 0 Å². The molecule has 8 nitrogen and oxygen atoms in total. The van der Waals surface area contributed by atoms with Gasteiger partial charge >= 0.3 is 5.97 Å². The summed E-state index contributed by atoms with van der Waals surface area (Å²) in [6.07, 6.45) is 8.05. The minimum atomic E-state index is -0.386. The second kappa shape index (κ2) is 7.69. The minimum Gasteiger partial charge on any atom is -0.463 e. The van der Waals surface area contributed by atoms with Crippen LogP contribution in [0.5, 0.6) is 0 Å². The Morgan fingerprint density at radius 3 is 2.76 bits per heavy atom. The molecule has 25 heavy (non-hydrogen) atoms. The predicted octanol–water partition coefficient (Wildman–Crippen LogP) is 1.78. The Bertz CT molecular complexity index is 781. The summed E-state index contributed by atoms with van der Waals surface area (Å²) in [5.74, 6) is -0.180. The molecule has 1 aliphatic carbocycles. The highest BCUT2D eigenvalue weighted by Gasteiger charge is 2.22. The lowest BCUT2D eigenvalue weighted by Crippen LogP contribution is -2.28. The lowest BCUT2D eigenvalue weighted by atomic mass is 9.96. The van der Waals surface area contributed by atoms with Gasteiger partial charge in [0.05, 0.1) is 12.2 Å². The third-order valence-electron chi connectivity index (χ3n) is 3.91. The molecule has 0 saturated carbocycles. The van der Waals surface area contributed by atoms with Gasteiger partial charge in [-0.15, -0.1) is 10.2 Å². The van der Waals surface area contributed by atoms with Crippen LogP contribution in [-0.2, 0) is 9.53 Å². The van der Waals surface area contributed by atoms with Gasteiger partial charge in [-0.25, -0.2) is 9.78 Å². The maximum Gasteiger partial charge on any atom is 0.335 e. The number of esters is 1. The van der Waals surface area contributed by atoms with Crippen LogP contribution < -0.4 is 5.32 Å². The molecule has 0 bridgehead atoms. The monoisotopic (exact) mass is 341 g/mol. The van der Waals surface area contributed by atoms with Crippen LogP contribution in [-0.4, -0.2) is 38.2 Å². The normalized spacial score (nSPS) is 14.3. The van der Waals surface area contributed by atoms with Gasteiger partial charge in [0.15, 0.2) is 11.5 Å². The first kappa shape index (κ1) is 16.8. The van der Waals surface area contributed by atoms with Crippen molar-refractivity contribution >= 4 is 11.9 Å². The molecular weight excluding hydrogens is 322 g/mol. The van der Waals surface area contributed by atoms with E-state index in [4.69, 9.17) is 4.74 Å². The molecule has 0 spiro atoms. The van der Waals surface area contributed by atoms with Gasteiger partial charge in [0.25, 0.3) is 5.91 Å². The molecule has 130 valence electrons. The Balaban J connectivity index is 1.75. The van der Waals surface area contributed by atoms with Gasteiger partial charge < -0.3 is 10.1 Å². The Hall–Kier alpha value is -3.03. The Kier molecular flexibility index (Phi) is 5.17. The van der Waals surface area contributed by atoms with Crippen LogP contribution >= 0.6 is 0 Å². The van der Waals surface area contributed by atoms with Crippen molar-refractivity contribution in [2.75, 3.05) is 6.61 Å². The third-order valence-corrected chi connectivity index (χ3v) is 3.91. The Labute approximate surface area is 144 Å². The molecule has 1 aliphatic rings.